The fourth-order valence-electron chi connectivity index (χ4n) is 9.28. The maximum absolute atomic E-state index is 15.2. The fraction of sp³-hybridized carbons (Fsp3) is 0.667. The number of nitrogens with zero attached hydrogens (tertiary/aromatic N) is 3. The van der Waals surface area contributed by atoms with Gasteiger partial charge in [0.05, 0.1) is 36.6 Å². The van der Waals surface area contributed by atoms with Crippen molar-refractivity contribution in [3.05, 3.63) is 61.2 Å². The number of rotatable bonds is 17. The van der Waals surface area contributed by atoms with Gasteiger partial charge in [-0.3, -0.25) is 19.2 Å². The van der Waals surface area contributed by atoms with Crippen molar-refractivity contribution in [2.24, 2.45) is 23.2 Å². The third-order valence-electron chi connectivity index (χ3n) is 11.2. The molecule has 3 heterocycles. The Morgan fingerprint density at radius 2 is 1.75 bits per heavy atom. The van der Waals surface area contributed by atoms with E-state index in [9.17, 15) is 19.5 Å². The van der Waals surface area contributed by atoms with Crippen molar-refractivity contribution in [3.8, 4) is 0 Å². The van der Waals surface area contributed by atoms with Crippen LogP contribution in [0.25, 0.3) is 0 Å². The molecule has 1 aromatic carbocycles. The summed E-state index contributed by atoms with van der Waals surface area (Å²) in [5, 5.41) is 10.8. The summed E-state index contributed by atoms with van der Waals surface area (Å²) >= 11 is 0. The van der Waals surface area contributed by atoms with Crippen molar-refractivity contribution in [2.75, 3.05) is 20.2 Å². The highest BCUT2D eigenvalue weighted by atomic mass is 16.6. The Hall–Kier alpha value is -3.50. The van der Waals surface area contributed by atoms with Crippen molar-refractivity contribution in [1.82, 2.24) is 14.7 Å². The molecule has 4 rings (SSSR count). The lowest BCUT2D eigenvalue weighted by Crippen LogP contribution is -2.62. The molecule has 0 aliphatic carbocycles. The minimum absolute atomic E-state index is 0.103. The number of ether oxygens (including phenoxy) is 2. The van der Waals surface area contributed by atoms with Crippen LogP contribution in [0.2, 0.25) is 0 Å². The number of fused-ring (bicyclic) bond motifs is 1. The van der Waals surface area contributed by atoms with Crippen LogP contribution < -0.4 is 0 Å². The molecule has 0 aromatic heterocycles. The smallest absolute Gasteiger partial charge is 0.313 e. The zero-order chi connectivity index (χ0) is 38.8. The quantitative estimate of drug-likeness (QED) is 0.153. The topological polar surface area (TPSA) is 117 Å². The molecule has 0 unspecified atom stereocenters. The summed E-state index contributed by atoms with van der Waals surface area (Å²) in [6.45, 7) is 24.0. The molecule has 1 spiro atoms. The highest BCUT2D eigenvalue weighted by Crippen LogP contribution is 2.60. The Kier molecular flexibility index (Phi) is 12.9. The lowest BCUT2D eigenvalue weighted by atomic mass is 9.70. The molecule has 2 bridgehead atoms. The minimum Gasteiger partial charge on any atom is -0.455 e. The molecular formula is C42H63N3O7. The minimum atomic E-state index is -1.27. The molecule has 3 aliphatic heterocycles. The first kappa shape index (κ1) is 41.3. The molecule has 3 amide bonds. The van der Waals surface area contributed by atoms with E-state index in [4.69, 9.17) is 9.47 Å². The number of hydrogen-bond acceptors (Lipinski definition) is 7. The number of aliphatic hydroxyl groups is 1. The largest absolute Gasteiger partial charge is 0.455 e. The Bertz CT molecular complexity index is 1470. The van der Waals surface area contributed by atoms with Gasteiger partial charge in [-0.25, -0.2) is 0 Å². The number of amides is 3. The van der Waals surface area contributed by atoms with Gasteiger partial charge in [0.15, 0.2) is 0 Å². The van der Waals surface area contributed by atoms with E-state index in [0.717, 1.165) is 5.56 Å². The molecule has 10 nitrogen and oxygen atoms in total. The van der Waals surface area contributed by atoms with E-state index in [2.05, 4.69) is 33.9 Å². The zero-order valence-electron chi connectivity index (χ0n) is 33.0. The highest BCUT2D eigenvalue weighted by Gasteiger charge is 2.76. The van der Waals surface area contributed by atoms with Crippen LogP contribution in [0.1, 0.15) is 106 Å². The Morgan fingerprint density at radius 1 is 1.10 bits per heavy atom. The number of carbonyl (C=O) groups is 4. The summed E-state index contributed by atoms with van der Waals surface area (Å²) in [7, 11) is 1.70. The van der Waals surface area contributed by atoms with E-state index in [1.54, 1.807) is 33.9 Å². The molecule has 1 N–H and O–H groups in total. The van der Waals surface area contributed by atoms with Gasteiger partial charge in [0.25, 0.3) is 0 Å². The van der Waals surface area contributed by atoms with Gasteiger partial charge >= 0.3 is 5.97 Å². The molecule has 288 valence electrons. The lowest BCUT2D eigenvalue weighted by Gasteiger charge is -2.46. The van der Waals surface area contributed by atoms with E-state index < -0.39 is 59.3 Å². The molecule has 8 atom stereocenters. The van der Waals surface area contributed by atoms with E-state index in [-0.39, 0.29) is 48.6 Å². The summed E-state index contributed by atoms with van der Waals surface area (Å²) in [4.78, 5) is 62.7. The maximum Gasteiger partial charge on any atom is 0.313 e. The van der Waals surface area contributed by atoms with Crippen molar-refractivity contribution in [3.63, 3.8) is 0 Å². The van der Waals surface area contributed by atoms with Gasteiger partial charge in [0.1, 0.15) is 17.7 Å². The van der Waals surface area contributed by atoms with Gasteiger partial charge in [0.2, 0.25) is 17.7 Å². The average molecular weight is 722 g/mol. The lowest BCUT2D eigenvalue weighted by molar-refractivity contribution is -0.165. The number of carbonyl (C=O) groups excluding carboxylic acids is 4. The molecule has 3 saturated heterocycles. The standard InChI is InChI=1S/C42H63N3O7/c1-12-14-20-32(47)43(11)28(5)35(29-18-16-15-17-19-29)51-39(50)33-31-21-22-42(52-31)34(33)37(48)45(30(25-46)24-27(3)4)36(42)38(49)44(23-13-2)41(9,10)26-40(6,7)8/h12-13,15-19,27-28,30-31,33-36,46H,1-2,14,20-26H2,3-11H3/t28-,30-,31-,33+,34+,35+,36-,42+/m1/s1. The van der Waals surface area contributed by atoms with Gasteiger partial charge in [-0.2, -0.15) is 0 Å². The maximum atomic E-state index is 15.2. The Balaban J connectivity index is 1.77. The normalized spacial score (nSPS) is 25.8. The number of esters is 1. The second-order valence-electron chi connectivity index (χ2n) is 17.4. The highest BCUT2D eigenvalue weighted by molar-refractivity contribution is 5.98. The van der Waals surface area contributed by atoms with Gasteiger partial charge in [-0.05, 0) is 69.8 Å². The summed E-state index contributed by atoms with van der Waals surface area (Å²) in [5.41, 5.74) is -1.26. The van der Waals surface area contributed by atoms with Gasteiger partial charge < -0.3 is 29.3 Å². The van der Waals surface area contributed by atoms with E-state index in [0.29, 0.717) is 32.1 Å². The van der Waals surface area contributed by atoms with Crippen molar-refractivity contribution in [2.45, 2.75) is 135 Å². The molecule has 1 aromatic rings. The molecule has 52 heavy (non-hydrogen) atoms. The monoisotopic (exact) mass is 721 g/mol. The third-order valence-corrected chi connectivity index (χ3v) is 11.2. The van der Waals surface area contributed by atoms with Crippen LogP contribution in [-0.4, -0.2) is 99.1 Å². The van der Waals surface area contributed by atoms with Gasteiger partial charge in [-0.1, -0.05) is 77.1 Å². The Morgan fingerprint density at radius 3 is 2.31 bits per heavy atom. The first-order valence-electron chi connectivity index (χ1n) is 19.0. The zero-order valence-corrected chi connectivity index (χ0v) is 33.0. The number of allylic oxidation sites excluding steroid dienone is 1. The average Bonchev–Trinajstić information content (AvgIpc) is 3.72. The fourth-order valence-corrected chi connectivity index (χ4v) is 9.28. The summed E-state index contributed by atoms with van der Waals surface area (Å²) < 4.78 is 13.2. The molecule has 0 radical (unpaired) electrons. The number of hydrogen-bond donors (Lipinski definition) is 1. The molecule has 0 saturated carbocycles. The first-order chi connectivity index (χ1) is 24.3. The van der Waals surface area contributed by atoms with Crippen molar-refractivity contribution in [1.29, 1.82) is 0 Å². The van der Waals surface area contributed by atoms with E-state index >= 15 is 4.79 Å². The van der Waals surface area contributed by atoms with Crippen molar-refractivity contribution >= 4 is 23.7 Å². The predicted molar refractivity (Wildman–Crippen MR) is 202 cm³/mol. The van der Waals surface area contributed by atoms with Crippen LogP contribution in [-0.2, 0) is 28.7 Å². The second kappa shape index (κ2) is 16.3. The van der Waals surface area contributed by atoms with E-state index in [1.165, 1.54) is 0 Å². The van der Waals surface area contributed by atoms with Gasteiger partial charge in [-0.15, -0.1) is 13.2 Å². The number of likely N-dealkylation sites (tertiary alicyclic amines) is 1. The van der Waals surface area contributed by atoms with Gasteiger partial charge in [0, 0.05) is 25.6 Å². The molecule has 3 aliphatic rings. The number of likely N-dealkylation sites (N-methyl/N-ethyl adjacent to an activating group) is 1. The van der Waals surface area contributed by atoms with Crippen LogP contribution in [0, 0.1) is 23.2 Å². The SMILES string of the molecule is C=CCCC(=O)N(C)[C@H](C)[C@H](OC(=O)[C@@H]1[C@H]2C(=O)N([C@@H](CO)CC(C)C)[C@H](C(=O)N(CC=C)C(C)(C)CC(C)(C)C)[C@]23CC[C@H]1O3)c1ccccc1. The number of aliphatic hydroxyl groups excluding tert-OH is 1. The molecule has 10 heteroatoms. The van der Waals surface area contributed by atoms with Crippen LogP contribution in [0.4, 0.5) is 0 Å². The predicted octanol–water partition coefficient (Wildman–Crippen LogP) is 6.10. The first-order valence-corrected chi connectivity index (χ1v) is 19.0. The van der Waals surface area contributed by atoms with E-state index in [1.807, 2.05) is 65.0 Å². The van der Waals surface area contributed by atoms with Crippen LogP contribution >= 0.6 is 0 Å². The molecular weight excluding hydrogens is 658 g/mol. The van der Waals surface area contributed by atoms with Crippen LogP contribution in [0.15, 0.2) is 55.6 Å². The number of benzene rings is 1. The van der Waals surface area contributed by atoms with Crippen LogP contribution in [0.3, 0.4) is 0 Å². The third kappa shape index (κ3) is 8.18. The summed E-state index contributed by atoms with van der Waals surface area (Å²) in [5.74, 6) is -3.14. The summed E-state index contributed by atoms with van der Waals surface area (Å²) in [6, 6.07) is 7.08. The molecule has 3 fully saturated rings. The van der Waals surface area contributed by atoms with Crippen molar-refractivity contribution < 1.29 is 33.8 Å². The summed E-state index contributed by atoms with van der Waals surface area (Å²) in [6.07, 6.45) is 4.82. The van der Waals surface area contributed by atoms with Crippen LogP contribution in [0.5, 0.6) is 0 Å². The second-order valence-corrected chi connectivity index (χ2v) is 17.4. The Labute approximate surface area is 311 Å².